The zero-order valence-corrected chi connectivity index (χ0v) is 28.9. The van der Waals surface area contributed by atoms with Crippen molar-refractivity contribution >= 4 is 36.1 Å². The summed E-state index contributed by atoms with van der Waals surface area (Å²) in [6.45, 7) is 8.13. The molecule has 6 rings (SSSR count). The number of morpholine rings is 1. The second-order valence-electron chi connectivity index (χ2n) is 12.7. The highest BCUT2D eigenvalue weighted by Gasteiger charge is 2.47. The first-order valence-electron chi connectivity index (χ1n) is 15.5. The van der Waals surface area contributed by atoms with E-state index in [1.807, 2.05) is 24.3 Å². The lowest BCUT2D eigenvalue weighted by atomic mass is 9.93. The predicted octanol–water partition coefficient (Wildman–Crippen LogP) is 3.77. The van der Waals surface area contributed by atoms with E-state index < -0.39 is 66.4 Å². The van der Waals surface area contributed by atoms with Gasteiger partial charge >= 0.3 is 5.97 Å². The number of ether oxygens (including phenoxy) is 3. The maximum absolute atomic E-state index is 15.6. The molecule has 0 saturated carbocycles. The van der Waals surface area contributed by atoms with E-state index in [0.717, 1.165) is 16.5 Å². The number of thioether (sulfide) groups is 1. The number of rotatable bonds is 7. The second-order valence-corrected chi connectivity index (χ2v) is 16.9. The van der Waals surface area contributed by atoms with Crippen LogP contribution in [0.1, 0.15) is 54.0 Å². The molecular weight excluding hydrogens is 665 g/mol. The first-order chi connectivity index (χ1) is 22.7. The Morgan fingerprint density at radius 3 is 2.54 bits per heavy atom. The third-order valence-corrected chi connectivity index (χ3v) is 11.4. The van der Waals surface area contributed by atoms with Crippen LogP contribution in [0, 0.1) is 17.6 Å². The van der Waals surface area contributed by atoms with Gasteiger partial charge in [0, 0.05) is 35.9 Å². The van der Waals surface area contributed by atoms with Gasteiger partial charge in [-0.1, -0.05) is 38.1 Å². The molecule has 0 bridgehead atoms. The van der Waals surface area contributed by atoms with Crippen LogP contribution in [0.2, 0.25) is 0 Å². The third-order valence-electron chi connectivity index (χ3n) is 8.76. The molecule has 1 saturated heterocycles. The molecule has 1 fully saturated rings. The van der Waals surface area contributed by atoms with Gasteiger partial charge in [-0.05, 0) is 42.5 Å². The van der Waals surface area contributed by atoms with Crippen LogP contribution in [0.15, 0.2) is 52.3 Å². The highest BCUT2D eigenvalue weighted by Crippen LogP contribution is 2.46. The van der Waals surface area contributed by atoms with Crippen molar-refractivity contribution in [3.8, 4) is 5.75 Å². The van der Waals surface area contributed by atoms with Gasteiger partial charge in [-0.25, -0.2) is 8.78 Å². The molecule has 1 unspecified atom stereocenters. The van der Waals surface area contributed by atoms with E-state index >= 15 is 4.39 Å². The van der Waals surface area contributed by atoms with Crippen LogP contribution >= 0.6 is 18.9 Å². The quantitative estimate of drug-likeness (QED) is 0.221. The van der Waals surface area contributed by atoms with Crippen molar-refractivity contribution in [2.75, 3.05) is 38.1 Å². The number of hydrogen-bond donors (Lipinski definition) is 1. The zero-order chi connectivity index (χ0) is 34.7. The molecule has 0 aliphatic carbocycles. The fraction of sp³-hybridized carbons (Fsp3) is 0.424. The van der Waals surface area contributed by atoms with Crippen LogP contribution in [0.5, 0.6) is 5.75 Å². The smallest absolute Gasteiger partial charge is 0.326 e. The Kier molecular flexibility index (Phi) is 9.22. The number of halogens is 2. The summed E-state index contributed by atoms with van der Waals surface area (Å²) in [4.78, 5) is 43.5. The molecule has 0 spiro atoms. The molecule has 0 radical (unpaired) electrons. The number of aromatic nitrogens is 1. The molecule has 1 amide bonds. The highest BCUT2D eigenvalue weighted by atomic mass is 32.2. The number of nitrogens with two attached hydrogens (primary N) is 1. The van der Waals surface area contributed by atoms with Gasteiger partial charge in [0.1, 0.15) is 19.3 Å². The number of hydrogen-bond acceptors (Lipinski definition) is 10. The van der Waals surface area contributed by atoms with Gasteiger partial charge in [0.05, 0.1) is 24.6 Å². The average molecular weight is 703 g/mol. The van der Waals surface area contributed by atoms with Gasteiger partial charge < -0.3 is 29.4 Å². The molecule has 3 aliphatic rings. The van der Waals surface area contributed by atoms with Gasteiger partial charge in [0.15, 0.2) is 17.3 Å². The van der Waals surface area contributed by atoms with Crippen molar-refractivity contribution in [2.45, 2.75) is 56.0 Å². The summed E-state index contributed by atoms with van der Waals surface area (Å²) in [6.07, 6.45) is -0.781. The Labute approximate surface area is 280 Å². The normalized spacial score (nSPS) is 20.2. The topological polar surface area (TPSA) is 133 Å². The van der Waals surface area contributed by atoms with E-state index in [1.54, 1.807) is 18.9 Å². The molecule has 2 N–H and O–H groups in total. The van der Waals surface area contributed by atoms with Gasteiger partial charge in [0.2, 0.25) is 17.5 Å². The van der Waals surface area contributed by atoms with Gasteiger partial charge in [-0.3, -0.25) is 24.1 Å². The van der Waals surface area contributed by atoms with E-state index in [0.29, 0.717) is 5.56 Å². The van der Waals surface area contributed by atoms with E-state index in [9.17, 15) is 23.3 Å². The Morgan fingerprint density at radius 1 is 1.10 bits per heavy atom. The minimum Gasteiger partial charge on any atom is -0.448 e. The molecule has 11 nitrogen and oxygen atoms in total. The summed E-state index contributed by atoms with van der Waals surface area (Å²) in [5.74, 6) is -3.87. The van der Waals surface area contributed by atoms with Crippen LogP contribution in [-0.4, -0.2) is 73.0 Å². The first-order valence-corrected chi connectivity index (χ1v) is 19.1. The lowest BCUT2D eigenvalue weighted by Gasteiger charge is -2.51. The van der Waals surface area contributed by atoms with E-state index in [4.69, 9.17) is 19.9 Å². The molecular formula is C33H37F2N4O7PS. The SMILES string of the molecule is CC(OC(=O)[C@@H](N)C(C)C)Oc1c2n(cc(P(C)(C)=O)c1=O)N([C@@H]1c3ccccc3SCc3c1ccc(F)c3F)[C@@H]1COCCN1C2=O. The molecule has 2 aromatic carbocycles. The van der Waals surface area contributed by atoms with Gasteiger partial charge in [-0.15, -0.1) is 11.8 Å². The molecule has 15 heteroatoms. The maximum Gasteiger partial charge on any atom is 0.326 e. The second kappa shape index (κ2) is 13.0. The monoisotopic (exact) mass is 702 g/mol. The Hall–Kier alpha value is -3.71. The number of carbonyl (C=O) groups excluding carboxylic acids is 2. The summed E-state index contributed by atoms with van der Waals surface area (Å²) in [5.41, 5.74) is 6.30. The van der Waals surface area contributed by atoms with Crippen molar-refractivity contribution in [1.29, 1.82) is 0 Å². The molecule has 3 aromatic rings. The van der Waals surface area contributed by atoms with Crippen LogP contribution in [0.3, 0.4) is 0 Å². The van der Waals surface area contributed by atoms with E-state index in [1.165, 1.54) is 53.9 Å². The number of amides is 1. The van der Waals surface area contributed by atoms with Crippen molar-refractivity contribution < 1.29 is 37.1 Å². The van der Waals surface area contributed by atoms with Gasteiger partial charge in [0.25, 0.3) is 5.91 Å². The van der Waals surface area contributed by atoms with Crippen LogP contribution in [0.25, 0.3) is 0 Å². The largest absolute Gasteiger partial charge is 0.448 e. The van der Waals surface area contributed by atoms with Crippen LogP contribution in [0.4, 0.5) is 8.78 Å². The number of fused-ring (bicyclic) bond motifs is 4. The highest BCUT2D eigenvalue weighted by molar-refractivity contribution is 7.98. The van der Waals surface area contributed by atoms with Crippen LogP contribution < -0.4 is 26.2 Å². The maximum atomic E-state index is 15.6. The molecule has 256 valence electrons. The molecule has 4 heterocycles. The Morgan fingerprint density at radius 2 is 1.83 bits per heavy atom. The minimum atomic E-state index is -3.34. The van der Waals surface area contributed by atoms with Crippen molar-refractivity contribution in [3.05, 3.63) is 86.8 Å². The van der Waals surface area contributed by atoms with Crippen molar-refractivity contribution in [2.24, 2.45) is 11.7 Å². The summed E-state index contributed by atoms with van der Waals surface area (Å²) >= 11 is 1.35. The fourth-order valence-electron chi connectivity index (χ4n) is 6.21. The minimum absolute atomic E-state index is 0.0463. The summed E-state index contributed by atoms with van der Waals surface area (Å²) in [5, 5.41) is 1.65. The third kappa shape index (κ3) is 5.93. The average Bonchev–Trinajstić information content (AvgIpc) is 3.20. The first kappa shape index (κ1) is 34.2. The molecule has 1 aromatic heterocycles. The van der Waals surface area contributed by atoms with Gasteiger partial charge in [-0.2, -0.15) is 0 Å². The number of nitrogens with zero attached hydrogens (tertiary/aromatic N) is 3. The number of pyridine rings is 1. The summed E-state index contributed by atoms with van der Waals surface area (Å²) in [7, 11) is -3.34. The van der Waals surface area contributed by atoms with E-state index in [2.05, 4.69) is 0 Å². The Balaban J connectivity index is 1.62. The summed E-state index contributed by atoms with van der Waals surface area (Å²) in [6, 6.07) is 8.23. The number of benzene rings is 2. The Bertz CT molecular complexity index is 1900. The molecule has 48 heavy (non-hydrogen) atoms. The molecule has 3 aliphatic heterocycles. The standard InChI is InChI=1S/C33H37F2N4O7PS/c1-17(2)27(36)33(42)46-18(3)45-31-29-32(41)37-12-13-44-15-25(37)39(38(29)14-23(30(31)40)47(4,5)43)28-19-10-11-22(34)26(35)21(19)16-48-24-9-7-6-8-20(24)28/h6-11,14,17-18,25,27-28H,12-13,15-16,36H2,1-5H3/t18?,25-,27+,28+/m1/s1. The number of carbonyl (C=O) groups is 2. The fourth-order valence-corrected chi connectivity index (χ4v) is 8.31. The molecule has 4 atom stereocenters. The predicted molar refractivity (Wildman–Crippen MR) is 177 cm³/mol. The lowest BCUT2D eigenvalue weighted by Crippen LogP contribution is -2.67. The number of esters is 1. The van der Waals surface area contributed by atoms with Crippen LogP contribution in [-0.2, 0) is 24.6 Å². The van der Waals surface area contributed by atoms with Crippen molar-refractivity contribution in [3.63, 3.8) is 0 Å². The summed E-state index contributed by atoms with van der Waals surface area (Å²) < 4.78 is 62.6. The zero-order valence-electron chi connectivity index (χ0n) is 27.1. The lowest BCUT2D eigenvalue weighted by molar-refractivity contribution is -0.164. The van der Waals surface area contributed by atoms with E-state index in [-0.39, 0.29) is 48.0 Å². The van der Waals surface area contributed by atoms with Crippen molar-refractivity contribution in [1.82, 2.24) is 9.58 Å².